The van der Waals surface area contributed by atoms with Crippen LogP contribution in [0.2, 0.25) is 0 Å². The van der Waals surface area contributed by atoms with E-state index in [1.807, 2.05) is 0 Å². The second kappa shape index (κ2) is 7.78. The minimum atomic E-state index is -4.40. The van der Waals surface area contributed by atoms with Crippen LogP contribution in [0.3, 0.4) is 0 Å². The van der Waals surface area contributed by atoms with Crippen molar-refractivity contribution in [2.75, 3.05) is 25.1 Å². The van der Waals surface area contributed by atoms with E-state index in [1.165, 1.54) is 12.1 Å². The normalized spacial score (nSPS) is 19.8. The maximum atomic E-state index is 12.6. The molecule has 1 unspecified atom stereocenters. The summed E-state index contributed by atoms with van der Waals surface area (Å²) in [6.45, 7) is 0.162. The molecule has 1 atom stereocenters. The second-order valence-corrected chi connectivity index (χ2v) is 7.78. The fraction of sp³-hybridized carbons (Fsp3) is 0.438. The summed E-state index contributed by atoms with van der Waals surface area (Å²) in [7, 11) is -1.45. The van der Waals surface area contributed by atoms with Gasteiger partial charge in [0.15, 0.2) is 15.8 Å². The van der Waals surface area contributed by atoms with Crippen molar-refractivity contribution in [3.05, 3.63) is 35.4 Å². The van der Waals surface area contributed by atoms with Gasteiger partial charge < -0.3 is 10.6 Å². The van der Waals surface area contributed by atoms with Crippen LogP contribution in [0.15, 0.2) is 29.3 Å². The van der Waals surface area contributed by atoms with Crippen LogP contribution >= 0.6 is 0 Å². The lowest BCUT2D eigenvalue weighted by atomic mass is 10.1. The van der Waals surface area contributed by atoms with Crippen molar-refractivity contribution in [1.82, 2.24) is 10.6 Å². The molecule has 0 amide bonds. The van der Waals surface area contributed by atoms with E-state index >= 15 is 0 Å². The van der Waals surface area contributed by atoms with Crippen LogP contribution in [0.1, 0.15) is 17.5 Å². The van der Waals surface area contributed by atoms with Crippen molar-refractivity contribution in [3.8, 4) is 11.8 Å². The molecule has 2 N–H and O–H groups in total. The smallest absolute Gasteiger partial charge is 0.353 e. The number of aliphatic imine (C=N–C) groups is 1. The van der Waals surface area contributed by atoms with Crippen molar-refractivity contribution < 1.29 is 21.6 Å². The lowest BCUT2D eigenvalue weighted by Crippen LogP contribution is -2.44. The van der Waals surface area contributed by atoms with Gasteiger partial charge in [0.05, 0.1) is 23.6 Å². The number of nitrogens with zero attached hydrogens (tertiary/aromatic N) is 1. The summed E-state index contributed by atoms with van der Waals surface area (Å²) in [5.41, 5.74) is -0.478. The molecular formula is C16H18F3N3O2S. The van der Waals surface area contributed by atoms with E-state index in [0.717, 1.165) is 12.1 Å². The predicted molar refractivity (Wildman–Crippen MR) is 89.9 cm³/mol. The highest BCUT2D eigenvalue weighted by Crippen LogP contribution is 2.29. The summed E-state index contributed by atoms with van der Waals surface area (Å²) < 4.78 is 60.7. The summed E-state index contributed by atoms with van der Waals surface area (Å²) in [5.74, 6) is 5.98. The molecular weight excluding hydrogens is 355 g/mol. The van der Waals surface area contributed by atoms with Gasteiger partial charge in [-0.15, -0.1) is 0 Å². The zero-order chi connectivity index (χ0) is 18.5. The summed E-state index contributed by atoms with van der Waals surface area (Å²) in [5, 5.41) is 5.88. The molecule has 1 aromatic carbocycles. The van der Waals surface area contributed by atoms with Gasteiger partial charge in [0.1, 0.15) is 0 Å². The quantitative estimate of drug-likeness (QED) is 0.467. The van der Waals surface area contributed by atoms with E-state index in [2.05, 4.69) is 27.5 Å². The van der Waals surface area contributed by atoms with Crippen LogP contribution in [-0.4, -0.2) is 45.5 Å². The first-order chi connectivity index (χ1) is 11.7. The van der Waals surface area contributed by atoms with E-state index < -0.39 is 21.6 Å². The van der Waals surface area contributed by atoms with Gasteiger partial charge in [0, 0.05) is 18.7 Å². The highest BCUT2D eigenvalue weighted by Gasteiger charge is 2.30. The lowest BCUT2D eigenvalue weighted by Gasteiger charge is -2.14. The highest BCUT2D eigenvalue weighted by molar-refractivity contribution is 7.91. The third kappa shape index (κ3) is 5.98. The van der Waals surface area contributed by atoms with Crippen LogP contribution in [0.4, 0.5) is 13.2 Å². The number of hydrogen-bond acceptors (Lipinski definition) is 3. The minimum absolute atomic E-state index is 0.0591. The second-order valence-electron chi connectivity index (χ2n) is 5.55. The molecule has 1 fully saturated rings. The molecule has 0 aromatic heterocycles. The van der Waals surface area contributed by atoms with E-state index in [4.69, 9.17) is 0 Å². The van der Waals surface area contributed by atoms with Crippen LogP contribution in [0, 0.1) is 11.8 Å². The summed E-state index contributed by atoms with van der Waals surface area (Å²) >= 11 is 0. The van der Waals surface area contributed by atoms with Crippen LogP contribution < -0.4 is 10.6 Å². The van der Waals surface area contributed by atoms with Gasteiger partial charge >= 0.3 is 6.18 Å². The van der Waals surface area contributed by atoms with E-state index in [9.17, 15) is 21.6 Å². The third-order valence-corrected chi connectivity index (χ3v) is 5.33. The van der Waals surface area contributed by atoms with Crippen molar-refractivity contribution in [3.63, 3.8) is 0 Å². The Balaban J connectivity index is 1.89. The first-order valence-electron chi connectivity index (χ1n) is 7.53. The number of nitrogens with one attached hydrogen (secondary N) is 2. The van der Waals surface area contributed by atoms with Crippen molar-refractivity contribution in [1.29, 1.82) is 0 Å². The standard InChI is InChI=1S/C16H18F3N3O2S/c1-20-15(22-14-7-9-25(23,24)11-14)21-8-3-5-12-4-2-6-13(10-12)16(17,18)19/h2,4,6,10,14H,7-9,11H2,1H3,(H2,20,21,22). The molecule has 136 valence electrons. The van der Waals surface area contributed by atoms with Gasteiger partial charge in [0.2, 0.25) is 0 Å². The summed E-state index contributed by atoms with van der Waals surface area (Å²) in [4.78, 5) is 3.97. The van der Waals surface area contributed by atoms with Crippen molar-refractivity contribution >= 4 is 15.8 Å². The Morgan fingerprint density at radius 3 is 2.76 bits per heavy atom. The fourth-order valence-electron chi connectivity index (χ4n) is 2.34. The molecule has 9 heteroatoms. The maximum absolute atomic E-state index is 12.6. The molecule has 0 aliphatic carbocycles. The fourth-order valence-corrected chi connectivity index (χ4v) is 4.02. The number of alkyl halides is 3. The zero-order valence-corrected chi connectivity index (χ0v) is 14.3. The Morgan fingerprint density at radius 1 is 1.40 bits per heavy atom. The molecule has 1 aliphatic rings. The Morgan fingerprint density at radius 2 is 2.16 bits per heavy atom. The zero-order valence-electron chi connectivity index (χ0n) is 13.5. The first-order valence-corrected chi connectivity index (χ1v) is 9.35. The number of hydrogen-bond donors (Lipinski definition) is 2. The van der Waals surface area contributed by atoms with Crippen molar-refractivity contribution in [2.45, 2.75) is 18.6 Å². The van der Waals surface area contributed by atoms with E-state index in [1.54, 1.807) is 7.05 Å². The van der Waals surface area contributed by atoms with Crippen LogP contribution in [0.5, 0.6) is 0 Å². The number of guanidine groups is 1. The molecule has 0 radical (unpaired) electrons. The molecule has 25 heavy (non-hydrogen) atoms. The van der Waals surface area contributed by atoms with Crippen LogP contribution in [-0.2, 0) is 16.0 Å². The number of halogens is 3. The molecule has 1 aromatic rings. The topological polar surface area (TPSA) is 70.6 Å². The third-order valence-electron chi connectivity index (χ3n) is 3.56. The van der Waals surface area contributed by atoms with Gasteiger partial charge in [-0.1, -0.05) is 17.9 Å². The first kappa shape index (κ1) is 19.1. The summed E-state index contributed by atoms with van der Waals surface area (Å²) in [6, 6.07) is 4.58. The van der Waals surface area contributed by atoms with Gasteiger partial charge in [-0.2, -0.15) is 13.2 Å². The Hall–Kier alpha value is -2.21. The van der Waals surface area contributed by atoms with E-state index in [-0.39, 0.29) is 29.7 Å². The van der Waals surface area contributed by atoms with Crippen molar-refractivity contribution in [2.24, 2.45) is 4.99 Å². The lowest BCUT2D eigenvalue weighted by molar-refractivity contribution is -0.137. The number of rotatable bonds is 2. The molecule has 0 spiro atoms. The number of benzene rings is 1. The minimum Gasteiger partial charge on any atom is -0.353 e. The SMILES string of the molecule is CN=C(NCC#Cc1cccc(C(F)(F)F)c1)NC1CCS(=O)(=O)C1. The maximum Gasteiger partial charge on any atom is 0.416 e. The Labute approximate surface area is 144 Å². The van der Waals surface area contributed by atoms with Gasteiger partial charge in [-0.05, 0) is 24.6 Å². The molecule has 1 heterocycles. The molecule has 1 saturated heterocycles. The molecule has 2 rings (SSSR count). The highest BCUT2D eigenvalue weighted by atomic mass is 32.2. The van der Waals surface area contributed by atoms with Crippen LogP contribution in [0.25, 0.3) is 0 Å². The van der Waals surface area contributed by atoms with Gasteiger partial charge in [-0.25, -0.2) is 8.42 Å². The predicted octanol–water partition coefficient (Wildman–Crippen LogP) is 1.41. The molecule has 5 nitrogen and oxygen atoms in total. The van der Waals surface area contributed by atoms with Gasteiger partial charge in [-0.3, -0.25) is 4.99 Å². The Kier molecular flexibility index (Phi) is 5.95. The average molecular weight is 373 g/mol. The largest absolute Gasteiger partial charge is 0.416 e. The number of sulfone groups is 1. The summed E-state index contributed by atoms with van der Waals surface area (Å²) in [6.07, 6.45) is -3.89. The average Bonchev–Trinajstić information content (AvgIpc) is 2.88. The molecule has 0 bridgehead atoms. The van der Waals surface area contributed by atoms with Gasteiger partial charge in [0.25, 0.3) is 0 Å². The monoisotopic (exact) mass is 373 g/mol. The Bertz CT molecular complexity index is 808. The van der Waals surface area contributed by atoms with E-state index in [0.29, 0.717) is 12.4 Å². The molecule has 0 saturated carbocycles. The molecule has 1 aliphatic heterocycles.